The van der Waals surface area contributed by atoms with E-state index in [1.807, 2.05) is 0 Å². The van der Waals surface area contributed by atoms with Crippen LogP contribution in [0.3, 0.4) is 0 Å². The number of allylic oxidation sites excluding steroid dienone is 8. The van der Waals surface area contributed by atoms with Crippen LogP contribution < -0.4 is 0 Å². The van der Waals surface area contributed by atoms with Gasteiger partial charge in [-0.3, -0.25) is 14.4 Å². The zero-order valence-corrected chi connectivity index (χ0v) is 53.9. The molecule has 0 rings (SSSR count). The maximum atomic E-state index is 13.0. The van der Waals surface area contributed by atoms with Crippen molar-refractivity contribution in [2.75, 3.05) is 13.2 Å². The molecule has 6 heteroatoms. The lowest BCUT2D eigenvalue weighted by Crippen LogP contribution is -2.30. The second-order valence-electron chi connectivity index (χ2n) is 24.1. The normalized spacial score (nSPS) is 12.3. The molecule has 0 aliphatic carbocycles. The van der Waals surface area contributed by atoms with E-state index in [-0.39, 0.29) is 31.1 Å². The molecule has 1 atom stereocenters. The molecule has 0 spiro atoms. The number of unbranched alkanes of at least 4 members (excludes halogenated alkanes) is 47. The highest BCUT2D eigenvalue weighted by molar-refractivity contribution is 5.71. The molecule has 1 unspecified atom stereocenters. The number of carbonyl (C=O) groups excluding carboxylic acids is 3. The monoisotopic (exact) mass is 1120 g/mol. The highest BCUT2D eigenvalue weighted by Crippen LogP contribution is 2.19. The van der Waals surface area contributed by atoms with E-state index >= 15 is 0 Å². The lowest BCUT2D eigenvalue weighted by Gasteiger charge is -2.18. The second kappa shape index (κ2) is 68.9. The van der Waals surface area contributed by atoms with Crippen molar-refractivity contribution in [1.29, 1.82) is 0 Å². The fraction of sp³-hybridized carbons (Fsp3) is 0.851. The van der Waals surface area contributed by atoms with E-state index in [1.54, 1.807) is 0 Å². The molecular formula is C74H136O6. The number of ether oxygens (including phenoxy) is 3. The molecule has 468 valence electrons. The van der Waals surface area contributed by atoms with Gasteiger partial charge in [0.2, 0.25) is 0 Å². The van der Waals surface area contributed by atoms with E-state index in [2.05, 4.69) is 69.4 Å². The van der Waals surface area contributed by atoms with Gasteiger partial charge in [-0.05, 0) is 57.8 Å². The number of hydrogen-bond acceptors (Lipinski definition) is 6. The van der Waals surface area contributed by atoms with E-state index < -0.39 is 6.10 Å². The molecule has 0 radical (unpaired) electrons. The first kappa shape index (κ1) is 77.4. The van der Waals surface area contributed by atoms with Crippen LogP contribution in [0, 0.1) is 0 Å². The fourth-order valence-corrected chi connectivity index (χ4v) is 10.8. The zero-order chi connectivity index (χ0) is 57.8. The van der Waals surface area contributed by atoms with E-state index in [4.69, 9.17) is 14.2 Å². The topological polar surface area (TPSA) is 78.9 Å². The van der Waals surface area contributed by atoms with Crippen molar-refractivity contribution in [3.05, 3.63) is 48.6 Å². The van der Waals surface area contributed by atoms with Gasteiger partial charge in [0.05, 0.1) is 0 Å². The van der Waals surface area contributed by atoms with Crippen LogP contribution in [-0.2, 0) is 28.6 Å². The maximum absolute atomic E-state index is 13.0. The van der Waals surface area contributed by atoms with Crippen LogP contribution in [0.4, 0.5) is 0 Å². The summed E-state index contributed by atoms with van der Waals surface area (Å²) in [6, 6.07) is 0. The molecule has 0 aliphatic rings. The molecule has 0 bridgehead atoms. The summed E-state index contributed by atoms with van der Waals surface area (Å²) in [5, 5.41) is 0. The van der Waals surface area contributed by atoms with Crippen LogP contribution >= 0.6 is 0 Å². The summed E-state index contributed by atoms with van der Waals surface area (Å²) in [6.45, 7) is 6.59. The molecule has 0 aromatic carbocycles. The van der Waals surface area contributed by atoms with Crippen LogP contribution in [0.1, 0.15) is 387 Å². The standard InChI is InChI=1S/C74H136O6/c1-4-7-10-13-16-19-22-25-28-31-33-35-37-39-40-43-46-49-52-55-58-61-64-67-73(76)79-70-71(69-78-72(75)66-63-60-57-54-51-48-45-42-30-27-24-21-18-15-12-9-6-3)80-74(77)68-65-62-59-56-53-50-47-44-41-38-36-34-32-29-26-23-20-17-14-11-8-5-2/h9,12,18,21,27,30,45,48,71H,4-8,10-11,13-17,19-20,22-26,28-29,31-44,46-47,49-70H2,1-3H3/b12-9-,21-18-,30-27-,48-45-. The minimum absolute atomic E-state index is 0.0755. The van der Waals surface area contributed by atoms with E-state index in [0.29, 0.717) is 19.3 Å². The van der Waals surface area contributed by atoms with Crippen molar-refractivity contribution in [3.63, 3.8) is 0 Å². The molecule has 0 amide bonds. The number of rotatable bonds is 66. The summed E-state index contributed by atoms with van der Waals surface area (Å²) in [6.07, 6.45) is 87.1. The van der Waals surface area contributed by atoms with Crippen molar-refractivity contribution in [2.24, 2.45) is 0 Å². The van der Waals surface area contributed by atoms with Crippen LogP contribution in [0.5, 0.6) is 0 Å². The predicted octanol–water partition coefficient (Wildman–Crippen LogP) is 24.5. The van der Waals surface area contributed by atoms with Crippen LogP contribution in [0.15, 0.2) is 48.6 Å². The Morgan fingerprint density at radius 1 is 0.263 bits per heavy atom. The van der Waals surface area contributed by atoms with E-state index in [0.717, 1.165) is 96.3 Å². The van der Waals surface area contributed by atoms with Gasteiger partial charge in [0.1, 0.15) is 13.2 Å². The molecule has 6 nitrogen and oxygen atoms in total. The average molecular weight is 1120 g/mol. The van der Waals surface area contributed by atoms with Gasteiger partial charge >= 0.3 is 17.9 Å². The van der Waals surface area contributed by atoms with Gasteiger partial charge in [-0.1, -0.05) is 358 Å². The summed E-state index contributed by atoms with van der Waals surface area (Å²) in [7, 11) is 0. The molecule has 0 aromatic rings. The molecule has 0 saturated carbocycles. The van der Waals surface area contributed by atoms with Crippen LogP contribution in [0.25, 0.3) is 0 Å². The van der Waals surface area contributed by atoms with Crippen LogP contribution in [-0.4, -0.2) is 37.2 Å². The molecule has 0 aliphatic heterocycles. The van der Waals surface area contributed by atoms with Crippen molar-refractivity contribution in [1.82, 2.24) is 0 Å². The Balaban J connectivity index is 4.31. The third-order valence-corrected chi connectivity index (χ3v) is 16.1. The summed E-state index contributed by atoms with van der Waals surface area (Å²) >= 11 is 0. The maximum Gasteiger partial charge on any atom is 0.306 e. The Bertz CT molecular complexity index is 1380. The van der Waals surface area contributed by atoms with Crippen molar-refractivity contribution >= 4 is 17.9 Å². The third kappa shape index (κ3) is 66.2. The van der Waals surface area contributed by atoms with Crippen molar-refractivity contribution in [3.8, 4) is 0 Å². The molecular weight excluding hydrogens is 985 g/mol. The van der Waals surface area contributed by atoms with E-state index in [9.17, 15) is 14.4 Å². The van der Waals surface area contributed by atoms with Gasteiger partial charge < -0.3 is 14.2 Å². The number of esters is 3. The summed E-state index contributed by atoms with van der Waals surface area (Å²) in [5.74, 6) is -0.870. The average Bonchev–Trinajstić information content (AvgIpc) is 3.46. The van der Waals surface area contributed by atoms with Crippen molar-refractivity contribution < 1.29 is 28.6 Å². The minimum Gasteiger partial charge on any atom is -0.462 e. The Labute approximate surface area is 498 Å². The fourth-order valence-electron chi connectivity index (χ4n) is 10.8. The van der Waals surface area contributed by atoms with Gasteiger partial charge in [-0.2, -0.15) is 0 Å². The predicted molar refractivity (Wildman–Crippen MR) is 349 cm³/mol. The van der Waals surface area contributed by atoms with Crippen LogP contribution in [0.2, 0.25) is 0 Å². The Morgan fingerprint density at radius 2 is 0.487 bits per heavy atom. The molecule has 0 fully saturated rings. The van der Waals surface area contributed by atoms with Gasteiger partial charge in [0, 0.05) is 19.3 Å². The molecule has 0 aromatic heterocycles. The van der Waals surface area contributed by atoms with Gasteiger partial charge in [-0.25, -0.2) is 0 Å². The summed E-state index contributed by atoms with van der Waals surface area (Å²) in [4.78, 5) is 38.5. The highest BCUT2D eigenvalue weighted by atomic mass is 16.6. The number of hydrogen-bond donors (Lipinski definition) is 0. The summed E-state index contributed by atoms with van der Waals surface area (Å²) in [5.41, 5.74) is 0. The molecule has 0 N–H and O–H groups in total. The second-order valence-corrected chi connectivity index (χ2v) is 24.1. The quantitative estimate of drug-likeness (QED) is 0.0261. The lowest BCUT2D eigenvalue weighted by molar-refractivity contribution is -0.167. The Hall–Kier alpha value is -2.63. The largest absolute Gasteiger partial charge is 0.462 e. The van der Waals surface area contributed by atoms with Gasteiger partial charge in [-0.15, -0.1) is 0 Å². The number of carbonyl (C=O) groups is 3. The first-order valence-electron chi connectivity index (χ1n) is 35.6. The smallest absolute Gasteiger partial charge is 0.306 e. The minimum atomic E-state index is -0.782. The highest BCUT2D eigenvalue weighted by Gasteiger charge is 2.19. The molecule has 0 saturated heterocycles. The van der Waals surface area contributed by atoms with Gasteiger partial charge in [0.25, 0.3) is 0 Å². The van der Waals surface area contributed by atoms with Gasteiger partial charge in [0.15, 0.2) is 6.10 Å². The Morgan fingerprint density at radius 3 is 0.762 bits per heavy atom. The zero-order valence-electron chi connectivity index (χ0n) is 53.9. The first-order valence-corrected chi connectivity index (χ1v) is 35.6. The molecule has 0 heterocycles. The lowest BCUT2D eigenvalue weighted by atomic mass is 10.0. The first-order chi connectivity index (χ1) is 39.5. The molecule has 80 heavy (non-hydrogen) atoms. The third-order valence-electron chi connectivity index (χ3n) is 16.1. The SMILES string of the molecule is CC/C=C\C/C=C\C/C=C\C/C=C\CCCCCCC(=O)OCC(COC(=O)CCCCCCCCCCCCCCCCCCCCCCCCC)OC(=O)CCCCCCCCCCCCCCCCCCCCCCCC. The summed E-state index contributed by atoms with van der Waals surface area (Å²) < 4.78 is 17.0. The van der Waals surface area contributed by atoms with E-state index in [1.165, 1.54) is 250 Å². The Kier molecular flexibility index (Phi) is 66.6. The van der Waals surface area contributed by atoms with Crippen molar-refractivity contribution in [2.45, 2.75) is 393 Å².